The van der Waals surface area contributed by atoms with Crippen LogP contribution in [-0.2, 0) is 0 Å². The molecule has 0 bridgehead atoms. The summed E-state index contributed by atoms with van der Waals surface area (Å²) in [6.45, 7) is 4.00. The molecule has 0 aliphatic carbocycles. The van der Waals surface area contributed by atoms with E-state index >= 15 is 0 Å². The van der Waals surface area contributed by atoms with Gasteiger partial charge in [0.2, 0.25) is 0 Å². The highest BCUT2D eigenvalue weighted by atomic mass is 79.9. The minimum Gasteiger partial charge on any atom is -0.506 e. The second-order valence-corrected chi connectivity index (χ2v) is 3.86. The molecule has 16 heavy (non-hydrogen) atoms. The number of rotatable bonds is 1. The minimum atomic E-state index is 0.290. The van der Waals surface area contributed by atoms with Gasteiger partial charge in [-0.2, -0.15) is 0 Å². The van der Waals surface area contributed by atoms with E-state index in [2.05, 4.69) is 15.9 Å². The molecule has 0 heterocycles. The molecule has 0 fully saturated rings. The first-order valence-electron chi connectivity index (χ1n) is 5.32. The maximum atomic E-state index is 9.80. The van der Waals surface area contributed by atoms with Crippen LogP contribution in [-0.4, -0.2) is 5.11 Å². The van der Waals surface area contributed by atoms with Crippen LogP contribution in [0.5, 0.6) is 5.75 Å². The standard InChI is InChI=1S/C12H9BrO.C2H6/c13-11-8-4-7-10(12(11)14)9-5-2-1-3-6-9;1-2/h1-8,14H;1-2H3. The fraction of sp³-hybridized carbons (Fsp3) is 0.143. The number of phenols is 1. The lowest BCUT2D eigenvalue weighted by Crippen LogP contribution is -1.78. The van der Waals surface area contributed by atoms with E-state index in [0.717, 1.165) is 15.6 Å². The number of hydrogen-bond acceptors (Lipinski definition) is 1. The molecule has 0 amide bonds. The maximum Gasteiger partial charge on any atom is 0.137 e. The molecule has 0 saturated heterocycles. The Bertz CT molecular complexity index is 438. The van der Waals surface area contributed by atoms with Gasteiger partial charge in [0.1, 0.15) is 5.75 Å². The van der Waals surface area contributed by atoms with Crippen molar-refractivity contribution in [2.24, 2.45) is 0 Å². The van der Waals surface area contributed by atoms with Crippen LogP contribution in [0.3, 0.4) is 0 Å². The van der Waals surface area contributed by atoms with Crippen molar-refractivity contribution in [2.45, 2.75) is 13.8 Å². The normalized spacial score (nSPS) is 9.19. The number of phenolic OH excluding ortho intramolecular Hbond substituents is 1. The zero-order valence-electron chi connectivity index (χ0n) is 9.44. The summed E-state index contributed by atoms with van der Waals surface area (Å²) in [6.07, 6.45) is 0. The van der Waals surface area contributed by atoms with Crippen LogP contribution < -0.4 is 0 Å². The molecule has 84 valence electrons. The Balaban J connectivity index is 0.000000606. The molecule has 0 unspecified atom stereocenters. The monoisotopic (exact) mass is 278 g/mol. The molecule has 2 aromatic rings. The number of hydrogen-bond donors (Lipinski definition) is 1. The molecule has 2 rings (SSSR count). The van der Waals surface area contributed by atoms with Crippen molar-refractivity contribution in [2.75, 3.05) is 0 Å². The Morgan fingerprint density at radius 3 is 2.12 bits per heavy atom. The van der Waals surface area contributed by atoms with Crippen LogP contribution in [0.4, 0.5) is 0 Å². The fourth-order valence-electron chi connectivity index (χ4n) is 1.37. The lowest BCUT2D eigenvalue weighted by atomic mass is 10.1. The third-order valence-corrected chi connectivity index (χ3v) is 2.71. The summed E-state index contributed by atoms with van der Waals surface area (Å²) in [7, 11) is 0. The van der Waals surface area contributed by atoms with E-state index in [9.17, 15) is 5.11 Å². The zero-order chi connectivity index (χ0) is 12.0. The van der Waals surface area contributed by atoms with E-state index in [-0.39, 0.29) is 0 Å². The first-order chi connectivity index (χ1) is 7.79. The molecule has 0 radical (unpaired) electrons. The Hall–Kier alpha value is -1.28. The van der Waals surface area contributed by atoms with Gasteiger partial charge in [-0.25, -0.2) is 0 Å². The van der Waals surface area contributed by atoms with Crippen LogP contribution in [0.2, 0.25) is 0 Å². The highest BCUT2D eigenvalue weighted by Gasteiger charge is 2.05. The summed E-state index contributed by atoms with van der Waals surface area (Å²) in [5.74, 6) is 0.290. The van der Waals surface area contributed by atoms with Crippen molar-refractivity contribution in [1.29, 1.82) is 0 Å². The quantitative estimate of drug-likeness (QED) is 0.791. The Morgan fingerprint density at radius 1 is 0.875 bits per heavy atom. The number of aromatic hydroxyl groups is 1. The average Bonchev–Trinajstić information content (AvgIpc) is 2.36. The van der Waals surface area contributed by atoms with Gasteiger partial charge >= 0.3 is 0 Å². The molecular formula is C14H15BrO. The Morgan fingerprint density at radius 2 is 1.50 bits per heavy atom. The van der Waals surface area contributed by atoms with Crippen LogP contribution in [0.15, 0.2) is 53.0 Å². The number of benzene rings is 2. The van der Waals surface area contributed by atoms with Crippen molar-refractivity contribution < 1.29 is 5.11 Å². The second kappa shape index (κ2) is 6.33. The minimum absolute atomic E-state index is 0.290. The molecule has 0 aliphatic rings. The predicted molar refractivity (Wildman–Crippen MR) is 72.6 cm³/mol. The lowest BCUT2D eigenvalue weighted by Gasteiger charge is -2.05. The van der Waals surface area contributed by atoms with E-state index in [1.165, 1.54) is 0 Å². The van der Waals surface area contributed by atoms with Gasteiger partial charge in [-0.15, -0.1) is 0 Å². The summed E-state index contributed by atoms with van der Waals surface area (Å²) in [5, 5.41) is 9.80. The number of halogens is 1. The smallest absolute Gasteiger partial charge is 0.137 e. The van der Waals surface area contributed by atoms with Crippen molar-refractivity contribution in [3.05, 3.63) is 53.0 Å². The highest BCUT2D eigenvalue weighted by Crippen LogP contribution is 2.34. The van der Waals surface area contributed by atoms with Crippen molar-refractivity contribution in [3.63, 3.8) is 0 Å². The van der Waals surface area contributed by atoms with Crippen molar-refractivity contribution in [3.8, 4) is 16.9 Å². The molecule has 0 spiro atoms. The Kier molecular flexibility index (Phi) is 5.06. The summed E-state index contributed by atoms with van der Waals surface area (Å²) < 4.78 is 0.721. The third-order valence-electron chi connectivity index (χ3n) is 2.07. The SMILES string of the molecule is CC.Oc1c(Br)cccc1-c1ccccc1. The first kappa shape index (κ1) is 12.8. The van der Waals surface area contributed by atoms with Crippen LogP contribution >= 0.6 is 15.9 Å². The van der Waals surface area contributed by atoms with Crippen LogP contribution in [0.1, 0.15) is 13.8 Å². The fourth-order valence-corrected chi connectivity index (χ4v) is 1.73. The molecule has 1 N–H and O–H groups in total. The molecule has 0 atom stereocenters. The van der Waals surface area contributed by atoms with Crippen molar-refractivity contribution >= 4 is 15.9 Å². The van der Waals surface area contributed by atoms with E-state index in [1.54, 1.807) is 0 Å². The van der Waals surface area contributed by atoms with Crippen LogP contribution in [0.25, 0.3) is 11.1 Å². The molecule has 0 aromatic heterocycles. The number of para-hydroxylation sites is 1. The Labute approximate surface area is 105 Å². The average molecular weight is 279 g/mol. The van der Waals surface area contributed by atoms with Gasteiger partial charge in [0.25, 0.3) is 0 Å². The van der Waals surface area contributed by atoms with E-state index in [4.69, 9.17) is 0 Å². The lowest BCUT2D eigenvalue weighted by molar-refractivity contribution is 0.474. The van der Waals surface area contributed by atoms with Gasteiger partial charge in [-0.1, -0.05) is 56.3 Å². The van der Waals surface area contributed by atoms with Gasteiger partial charge < -0.3 is 5.11 Å². The summed E-state index contributed by atoms with van der Waals surface area (Å²) in [5.41, 5.74) is 1.87. The molecule has 2 aromatic carbocycles. The van der Waals surface area contributed by atoms with Gasteiger partial charge in [-0.3, -0.25) is 0 Å². The zero-order valence-corrected chi connectivity index (χ0v) is 11.0. The molecule has 1 nitrogen and oxygen atoms in total. The molecule has 2 heteroatoms. The van der Waals surface area contributed by atoms with E-state index < -0.39 is 0 Å². The summed E-state index contributed by atoms with van der Waals surface area (Å²) in [6, 6.07) is 15.4. The van der Waals surface area contributed by atoms with E-state index in [0.29, 0.717) is 5.75 Å². The topological polar surface area (TPSA) is 20.2 Å². The van der Waals surface area contributed by atoms with Gasteiger partial charge in [-0.05, 0) is 27.6 Å². The molecular weight excluding hydrogens is 264 g/mol. The predicted octanol–water partition coefficient (Wildman–Crippen LogP) is 4.85. The van der Waals surface area contributed by atoms with Gasteiger partial charge in [0.15, 0.2) is 0 Å². The van der Waals surface area contributed by atoms with Gasteiger partial charge in [0, 0.05) is 5.56 Å². The molecule has 0 aliphatic heterocycles. The third kappa shape index (κ3) is 2.86. The van der Waals surface area contributed by atoms with Crippen LogP contribution in [0, 0.1) is 0 Å². The highest BCUT2D eigenvalue weighted by molar-refractivity contribution is 9.10. The molecule has 0 saturated carbocycles. The van der Waals surface area contributed by atoms with E-state index in [1.807, 2.05) is 62.4 Å². The second-order valence-electron chi connectivity index (χ2n) is 3.00. The largest absolute Gasteiger partial charge is 0.506 e. The first-order valence-corrected chi connectivity index (χ1v) is 6.11. The summed E-state index contributed by atoms with van der Waals surface area (Å²) in [4.78, 5) is 0. The van der Waals surface area contributed by atoms with Crippen molar-refractivity contribution in [1.82, 2.24) is 0 Å². The maximum absolute atomic E-state index is 9.80. The summed E-state index contributed by atoms with van der Waals surface area (Å²) >= 11 is 3.29. The van der Waals surface area contributed by atoms with Gasteiger partial charge in [0.05, 0.1) is 4.47 Å².